The molecule has 0 aromatic heterocycles. The zero-order valence-corrected chi connectivity index (χ0v) is 13.9. The van der Waals surface area contributed by atoms with Crippen LogP contribution in [0.5, 0.6) is 0 Å². The highest BCUT2D eigenvalue weighted by Crippen LogP contribution is 2.09. The number of rotatable bonds is 7. The average Bonchev–Trinajstić information content (AvgIpc) is 2.47. The third-order valence-corrected chi connectivity index (χ3v) is 3.17. The monoisotopic (exact) mass is 349 g/mol. The van der Waals surface area contributed by atoms with Crippen LogP contribution in [-0.4, -0.2) is 30.9 Å². The second-order valence-corrected chi connectivity index (χ2v) is 5.32. The fraction of sp³-hybridized carbons (Fsp3) is 0.467. The topological polar surface area (TPSA) is 84.2 Å². The SMILES string of the molecule is CC(C)[C@H](N)C(=O)NCC(=O)NCCc1cc(F)ccc1F.Cl. The van der Waals surface area contributed by atoms with Gasteiger partial charge in [0.15, 0.2) is 0 Å². The minimum Gasteiger partial charge on any atom is -0.354 e. The Morgan fingerprint density at radius 1 is 1.22 bits per heavy atom. The largest absolute Gasteiger partial charge is 0.354 e. The molecule has 0 aliphatic carbocycles. The number of carbonyl (C=O) groups excluding carboxylic acids is 2. The van der Waals surface area contributed by atoms with Crippen molar-refractivity contribution in [3.05, 3.63) is 35.4 Å². The summed E-state index contributed by atoms with van der Waals surface area (Å²) in [5.74, 6) is -1.90. The van der Waals surface area contributed by atoms with E-state index in [4.69, 9.17) is 5.73 Å². The van der Waals surface area contributed by atoms with Crippen LogP contribution in [0.1, 0.15) is 19.4 Å². The second-order valence-electron chi connectivity index (χ2n) is 5.32. The molecule has 23 heavy (non-hydrogen) atoms. The molecule has 0 heterocycles. The second kappa shape index (κ2) is 10.1. The van der Waals surface area contributed by atoms with E-state index in [1.54, 1.807) is 13.8 Å². The van der Waals surface area contributed by atoms with Crippen molar-refractivity contribution >= 4 is 24.2 Å². The maximum atomic E-state index is 13.4. The summed E-state index contributed by atoms with van der Waals surface area (Å²) in [6.07, 6.45) is 0.161. The Morgan fingerprint density at radius 3 is 2.48 bits per heavy atom. The van der Waals surface area contributed by atoms with Crippen molar-refractivity contribution in [2.45, 2.75) is 26.3 Å². The molecule has 0 saturated heterocycles. The van der Waals surface area contributed by atoms with Gasteiger partial charge in [0.05, 0.1) is 12.6 Å². The van der Waals surface area contributed by atoms with Crippen LogP contribution in [0.25, 0.3) is 0 Å². The quantitative estimate of drug-likeness (QED) is 0.690. The first-order valence-electron chi connectivity index (χ1n) is 7.05. The Morgan fingerprint density at radius 2 is 1.87 bits per heavy atom. The zero-order valence-electron chi connectivity index (χ0n) is 13.1. The van der Waals surface area contributed by atoms with Crippen molar-refractivity contribution in [1.29, 1.82) is 0 Å². The van der Waals surface area contributed by atoms with Gasteiger partial charge in [-0.1, -0.05) is 13.8 Å². The summed E-state index contributed by atoms with van der Waals surface area (Å²) in [4.78, 5) is 23.1. The molecule has 1 aromatic carbocycles. The number of amides is 2. The van der Waals surface area contributed by atoms with E-state index in [-0.39, 0.29) is 43.4 Å². The van der Waals surface area contributed by atoms with Gasteiger partial charge in [-0.3, -0.25) is 9.59 Å². The average molecular weight is 350 g/mol. The predicted octanol–water partition coefficient (Wildman–Crippen LogP) is 1.14. The maximum absolute atomic E-state index is 13.4. The molecule has 0 saturated carbocycles. The third kappa shape index (κ3) is 7.38. The first kappa shape index (κ1) is 21.3. The van der Waals surface area contributed by atoms with Crippen molar-refractivity contribution in [2.75, 3.05) is 13.1 Å². The molecule has 0 unspecified atom stereocenters. The molecule has 1 aromatic rings. The first-order valence-corrected chi connectivity index (χ1v) is 7.05. The minimum atomic E-state index is -0.672. The van der Waals surface area contributed by atoms with Crippen LogP contribution in [0, 0.1) is 17.6 Å². The van der Waals surface area contributed by atoms with Gasteiger partial charge >= 0.3 is 0 Å². The molecule has 4 N–H and O–H groups in total. The van der Waals surface area contributed by atoms with E-state index in [0.29, 0.717) is 0 Å². The van der Waals surface area contributed by atoms with Crippen molar-refractivity contribution < 1.29 is 18.4 Å². The lowest BCUT2D eigenvalue weighted by molar-refractivity contribution is -0.127. The summed E-state index contributed by atoms with van der Waals surface area (Å²) in [7, 11) is 0. The normalized spacial score (nSPS) is 11.6. The van der Waals surface area contributed by atoms with E-state index >= 15 is 0 Å². The predicted molar refractivity (Wildman–Crippen MR) is 86.1 cm³/mol. The van der Waals surface area contributed by atoms with Crippen LogP contribution in [0.4, 0.5) is 8.78 Å². The molecule has 5 nitrogen and oxygen atoms in total. The Labute approximate surface area is 140 Å². The fourth-order valence-corrected chi connectivity index (χ4v) is 1.72. The number of hydrogen-bond donors (Lipinski definition) is 3. The molecule has 0 fully saturated rings. The van der Waals surface area contributed by atoms with Gasteiger partial charge in [0.2, 0.25) is 11.8 Å². The molecule has 130 valence electrons. The molecular weight excluding hydrogens is 328 g/mol. The Balaban J connectivity index is 0.00000484. The summed E-state index contributed by atoms with van der Waals surface area (Å²) < 4.78 is 26.3. The number of hydrogen-bond acceptors (Lipinski definition) is 3. The number of nitrogens with two attached hydrogens (primary N) is 1. The molecule has 1 rings (SSSR count). The smallest absolute Gasteiger partial charge is 0.239 e. The van der Waals surface area contributed by atoms with Gasteiger partial charge in [-0.2, -0.15) is 0 Å². The van der Waals surface area contributed by atoms with E-state index < -0.39 is 29.5 Å². The molecule has 0 aliphatic rings. The minimum absolute atomic E-state index is 0. The third-order valence-electron chi connectivity index (χ3n) is 3.17. The van der Waals surface area contributed by atoms with Crippen LogP contribution in [0.15, 0.2) is 18.2 Å². The Hall–Kier alpha value is -1.73. The highest BCUT2D eigenvalue weighted by molar-refractivity contribution is 5.87. The molecule has 0 radical (unpaired) electrons. The van der Waals surface area contributed by atoms with E-state index in [2.05, 4.69) is 10.6 Å². The van der Waals surface area contributed by atoms with Gasteiger partial charge in [0, 0.05) is 6.54 Å². The van der Waals surface area contributed by atoms with E-state index in [1.807, 2.05) is 0 Å². The van der Waals surface area contributed by atoms with Crippen LogP contribution >= 0.6 is 12.4 Å². The first-order chi connectivity index (χ1) is 10.3. The van der Waals surface area contributed by atoms with E-state index in [1.165, 1.54) is 0 Å². The van der Waals surface area contributed by atoms with Crippen LogP contribution in [0.2, 0.25) is 0 Å². The van der Waals surface area contributed by atoms with Crippen LogP contribution < -0.4 is 16.4 Å². The summed E-state index contributed by atoms with van der Waals surface area (Å²) in [5, 5.41) is 4.94. The molecule has 1 atom stereocenters. The molecule has 8 heteroatoms. The lowest BCUT2D eigenvalue weighted by atomic mass is 10.1. The Kier molecular flexibility index (Phi) is 9.36. The van der Waals surface area contributed by atoms with Gasteiger partial charge < -0.3 is 16.4 Å². The van der Waals surface area contributed by atoms with Gasteiger partial charge in [-0.25, -0.2) is 8.78 Å². The number of carbonyl (C=O) groups is 2. The summed E-state index contributed by atoms with van der Waals surface area (Å²) in [6, 6.07) is 2.49. The van der Waals surface area contributed by atoms with Crippen molar-refractivity contribution in [3.8, 4) is 0 Å². The maximum Gasteiger partial charge on any atom is 0.239 e. The lowest BCUT2D eigenvalue weighted by Gasteiger charge is -2.15. The summed E-state index contributed by atoms with van der Waals surface area (Å²) >= 11 is 0. The highest BCUT2D eigenvalue weighted by Gasteiger charge is 2.17. The van der Waals surface area contributed by atoms with Crippen LogP contribution in [0.3, 0.4) is 0 Å². The molecule has 2 amide bonds. The number of benzene rings is 1. The van der Waals surface area contributed by atoms with Gasteiger partial charge in [0.1, 0.15) is 11.6 Å². The van der Waals surface area contributed by atoms with Crippen molar-refractivity contribution in [2.24, 2.45) is 11.7 Å². The van der Waals surface area contributed by atoms with E-state index in [9.17, 15) is 18.4 Å². The molecule has 0 bridgehead atoms. The number of halogens is 3. The zero-order chi connectivity index (χ0) is 16.7. The summed E-state index contributed by atoms with van der Waals surface area (Å²) in [5.41, 5.74) is 5.82. The van der Waals surface area contributed by atoms with Crippen LogP contribution in [-0.2, 0) is 16.0 Å². The highest BCUT2D eigenvalue weighted by atomic mass is 35.5. The Bertz CT molecular complexity index is 541. The van der Waals surface area contributed by atoms with E-state index in [0.717, 1.165) is 18.2 Å². The summed E-state index contributed by atoms with van der Waals surface area (Å²) in [6.45, 7) is 3.55. The van der Waals surface area contributed by atoms with Crippen molar-refractivity contribution in [1.82, 2.24) is 10.6 Å². The van der Waals surface area contributed by atoms with Gasteiger partial charge in [-0.05, 0) is 36.1 Å². The number of nitrogens with one attached hydrogen (secondary N) is 2. The van der Waals surface area contributed by atoms with Gasteiger partial charge in [-0.15, -0.1) is 12.4 Å². The van der Waals surface area contributed by atoms with Crippen molar-refractivity contribution in [3.63, 3.8) is 0 Å². The molecular formula is C15H22ClF2N3O2. The fourth-order valence-electron chi connectivity index (χ4n) is 1.72. The van der Waals surface area contributed by atoms with Gasteiger partial charge in [0.25, 0.3) is 0 Å². The molecule has 0 aliphatic heterocycles. The standard InChI is InChI=1S/C15H21F2N3O2.ClH/c1-9(2)14(18)15(22)20-8-13(21)19-6-5-10-7-11(16)3-4-12(10)17;/h3-4,7,9,14H,5-6,8,18H2,1-2H3,(H,19,21)(H,20,22);1H/t14-;/m0./s1. The molecule has 0 spiro atoms. The lowest BCUT2D eigenvalue weighted by Crippen LogP contribution is -2.47.